The Bertz CT molecular complexity index is 836. The van der Waals surface area contributed by atoms with E-state index in [1.807, 2.05) is 19.9 Å². The zero-order valence-corrected chi connectivity index (χ0v) is 17.1. The summed E-state index contributed by atoms with van der Waals surface area (Å²) < 4.78 is 11.2. The minimum Gasteiger partial charge on any atom is -0.455 e. The summed E-state index contributed by atoms with van der Waals surface area (Å²) in [5.74, 6) is -1.09. The first kappa shape index (κ1) is 19.4. The van der Waals surface area contributed by atoms with Gasteiger partial charge in [0, 0.05) is 29.4 Å². The van der Waals surface area contributed by atoms with Crippen LogP contribution < -0.4 is 0 Å². The molecule has 2 saturated carbocycles. The molecule has 0 aromatic carbocycles. The summed E-state index contributed by atoms with van der Waals surface area (Å²) in [6.07, 6.45) is 3.62. The molecule has 6 unspecified atom stereocenters. The lowest BCUT2D eigenvalue weighted by atomic mass is 9.44. The molecular weight excluding hydrogens is 360 g/mol. The van der Waals surface area contributed by atoms with E-state index in [0.717, 1.165) is 0 Å². The average Bonchev–Trinajstić information content (AvgIpc) is 2.87. The molecule has 0 radical (unpaired) electrons. The van der Waals surface area contributed by atoms with Gasteiger partial charge in [0.1, 0.15) is 11.7 Å². The minimum absolute atomic E-state index is 0.0458. The van der Waals surface area contributed by atoms with E-state index in [-0.39, 0.29) is 17.6 Å². The van der Waals surface area contributed by atoms with E-state index in [9.17, 15) is 19.5 Å². The van der Waals surface area contributed by atoms with Crippen molar-refractivity contribution < 1.29 is 29.0 Å². The standard InChI is InChI=1S/C22H28O6/c1-11-17-13(28-19(11)25)10-15-21(5)8-7-16(24)20(3,4)14(21)6-9-22(15,26)18(17)27-12(2)23/h7-8,13-15,18,26H,6,9-10H2,1-5H3. The van der Waals surface area contributed by atoms with E-state index in [0.29, 0.717) is 30.4 Å². The molecular formula is C22H28O6. The molecule has 152 valence electrons. The minimum atomic E-state index is -1.31. The molecule has 4 rings (SSSR count). The van der Waals surface area contributed by atoms with Crippen LogP contribution in [-0.4, -0.2) is 40.6 Å². The predicted molar refractivity (Wildman–Crippen MR) is 99.9 cm³/mol. The second-order valence-electron chi connectivity index (χ2n) is 9.62. The Morgan fingerprint density at radius 2 is 1.93 bits per heavy atom. The third-order valence-corrected chi connectivity index (χ3v) is 7.84. The smallest absolute Gasteiger partial charge is 0.334 e. The normalized spacial score (nSPS) is 43.8. The average molecular weight is 388 g/mol. The van der Waals surface area contributed by atoms with Crippen LogP contribution in [0.15, 0.2) is 23.3 Å². The highest BCUT2D eigenvalue weighted by Crippen LogP contribution is 2.64. The van der Waals surface area contributed by atoms with Gasteiger partial charge in [-0.3, -0.25) is 9.59 Å². The monoisotopic (exact) mass is 388 g/mol. The summed E-state index contributed by atoms with van der Waals surface area (Å²) >= 11 is 0. The fourth-order valence-corrected chi connectivity index (χ4v) is 6.42. The van der Waals surface area contributed by atoms with Crippen LogP contribution in [0.2, 0.25) is 0 Å². The van der Waals surface area contributed by atoms with Crippen molar-refractivity contribution in [1.29, 1.82) is 0 Å². The van der Waals surface area contributed by atoms with Gasteiger partial charge in [-0.05, 0) is 43.6 Å². The quantitative estimate of drug-likeness (QED) is 0.694. The van der Waals surface area contributed by atoms with Gasteiger partial charge in [0.15, 0.2) is 11.9 Å². The second kappa shape index (κ2) is 5.78. The first-order valence-electron chi connectivity index (χ1n) is 9.98. The fraction of sp³-hybridized carbons (Fsp3) is 0.682. The number of rotatable bonds is 1. The Morgan fingerprint density at radius 3 is 2.57 bits per heavy atom. The summed E-state index contributed by atoms with van der Waals surface area (Å²) in [6.45, 7) is 8.96. The van der Waals surface area contributed by atoms with E-state index in [1.54, 1.807) is 13.0 Å². The highest BCUT2D eigenvalue weighted by Gasteiger charge is 2.67. The van der Waals surface area contributed by atoms with Gasteiger partial charge in [0.25, 0.3) is 0 Å². The maximum atomic E-state index is 12.5. The molecule has 1 aliphatic heterocycles. The van der Waals surface area contributed by atoms with Gasteiger partial charge in [-0.1, -0.05) is 26.8 Å². The summed E-state index contributed by atoms with van der Waals surface area (Å²) in [5.41, 5.74) is -1.31. The van der Waals surface area contributed by atoms with Gasteiger partial charge < -0.3 is 14.6 Å². The van der Waals surface area contributed by atoms with Crippen LogP contribution in [0, 0.1) is 22.7 Å². The number of hydrogen-bond donors (Lipinski definition) is 1. The summed E-state index contributed by atoms with van der Waals surface area (Å²) in [7, 11) is 0. The van der Waals surface area contributed by atoms with Crippen LogP contribution in [0.4, 0.5) is 0 Å². The molecule has 3 aliphatic carbocycles. The SMILES string of the molecule is CC(=O)OC1C2=C(C)C(=O)OC2CC2C3(C)C=CC(=O)C(C)(C)C3CCC12O. The molecule has 4 aliphatic rings. The number of allylic oxidation sites excluding steroid dienone is 2. The van der Waals surface area contributed by atoms with Crippen molar-refractivity contribution in [1.82, 2.24) is 0 Å². The topological polar surface area (TPSA) is 89.9 Å². The van der Waals surface area contributed by atoms with Crippen LogP contribution >= 0.6 is 0 Å². The van der Waals surface area contributed by atoms with E-state index >= 15 is 0 Å². The number of ketones is 1. The van der Waals surface area contributed by atoms with Gasteiger partial charge in [0.05, 0.1) is 0 Å². The van der Waals surface area contributed by atoms with Crippen molar-refractivity contribution in [3.05, 3.63) is 23.3 Å². The van der Waals surface area contributed by atoms with Crippen LogP contribution in [-0.2, 0) is 23.9 Å². The zero-order chi connectivity index (χ0) is 20.6. The molecule has 6 heteroatoms. The fourth-order valence-electron chi connectivity index (χ4n) is 6.42. The number of aliphatic hydroxyl groups is 1. The molecule has 1 heterocycles. The van der Waals surface area contributed by atoms with Crippen LogP contribution in [0.3, 0.4) is 0 Å². The van der Waals surface area contributed by atoms with Crippen molar-refractivity contribution in [2.45, 2.75) is 71.7 Å². The maximum Gasteiger partial charge on any atom is 0.334 e. The lowest BCUT2D eigenvalue weighted by molar-refractivity contribution is -0.216. The van der Waals surface area contributed by atoms with Crippen molar-refractivity contribution >= 4 is 17.7 Å². The third kappa shape index (κ3) is 2.33. The Morgan fingerprint density at radius 1 is 1.25 bits per heavy atom. The number of hydrogen-bond acceptors (Lipinski definition) is 6. The van der Waals surface area contributed by atoms with Crippen LogP contribution in [0.25, 0.3) is 0 Å². The molecule has 6 atom stereocenters. The van der Waals surface area contributed by atoms with E-state index < -0.39 is 40.6 Å². The number of fused-ring (bicyclic) bond motifs is 4. The Balaban J connectivity index is 1.86. The maximum absolute atomic E-state index is 12.5. The molecule has 0 saturated heterocycles. The first-order valence-corrected chi connectivity index (χ1v) is 9.98. The first-order chi connectivity index (χ1) is 12.9. The zero-order valence-electron chi connectivity index (χ0n) is 17.1. The Kier molecular flexibility index (Phi) is 4.00. The van der Waals surface area contributed by atoms with Crippen molar-refractivity contribution in [2.24, 2.45) is 22.7 Å². The summed E-state index contributed by atoms with van der Waals surface area (Å²) in [4.78, 5) is 36.6. The van der Waals surface area contributed by atoms with Crippen molar-refractivity contribution in [3.63, 3.8) is 0 Å². The number of ether oxygens (including phenoxy) is 2. The summed E-state index contributed by atoms with van der Waals surface area (Å²) in [5, 5.41) is 11.9. The second-order valence-corrected chi connectivity index (χ2v) is 9.62. The van der Waals surface area contributed by atoms with Gasteiger partial charge in [-0.2, -0.15) is 0 Å². The van der Waals surface area contributed by atoms with Gasteiger partial charge in [-0.25, -0.2) is 4.79 Å². The lowest BCUT2D eigenvalue weighted by Gasteiger charge is -2.62. The molecule has 1 N–H and O–H groups in total. The highest BCUT2D eigenvalue weighted by atomic mass is 16.6. The molecule has 28 heavy (non-hydrogen) atoms. The van der Waals surface area contributed by atoms with Crippen molar-refractivity contribution in [2.75, 3.05) is 0 Å². The van der Waals surface area contributed by atoms with Crippen molar-refractivity contribution in [3.8, 4) is 0 Å². The van der Waals surface area contributed by atoms with E-state index in [1.165, 1.54) is 6.92 Å². The predicted octanol–water partition coefficient (Wildman–Crippen LogP) is 2.49. The number of carbonyl (C=O) groups excluding carboxylic acids is 3. The van der Waals surface area contributed by atoms with E-state index in [4.69, 9.17) is 9.47 Å². The summed E-state index contributed by atoms with van der Waals surface area (Å²) in [6, 6.07) is 0. The third-order valence-electron chi connectivity index (χ3n) is 7.84. The van der Waals surface area contributed by atoms with Crippen LogP contribution in [0.1, 0.15) is 53.9 Å². The molecule has 6 nitrogen and oxygen atoms in total. The van der Waals surface area contributed by atoms with Gasteiger partial charge in [-0.15, -0.1) is 0 Å². The molecule has 0 amide bonds. The Labute approximate surface area is 165 Å². The number of carbonyl (C=O) groups is 3. The molecule has 0 aromatic rings. The van der Waals surface area contributed by atoms with E-state index in [2.05, 4.69) is 6.92 Å². The lowest BCUT2D eigenvalue weighted by Crippen LogP contribution is -2.67. The highest BCUT2D eigenvalue weighted by molar-refractivity contribution is 5.96. The van der Waals surface area contributed by atoms with Crippen LogP contribution in [0.5, 0.6) is 0 Å². The number of esters is 2. The van der Waals surface area contributed by atoms with Gasteiger partial charge in [0.2, 0.25) is 0 Å². The molecule has 0 aromatic heterocycles. The molecule has 0 bridgehead atoms. The van der Waals surface area contributed by atoms with Gasteiger partial charge >= 0.3 is 11.9 Å². The molecule has 2 fully saturated rings. The molecule has 0 spiro atoms. The largest absolute Gasteiger partial charge is 0.455 e. The Hall–Kier alpha value is -1.95.